The Labute approximate surface area is 161 Å². The Morgan fingerprint density at radius 1 is 1.11 bits per heavy atom. The molecular weight excluding hydrogens is 362 g/mol. The predicted octanol–water partition coefficient (Wildman–Crippen LogP) is 4.06. The highest BCUT2D eigenvalue weighted by Gasteiger charge is 2.05. The molecule has 0 spiro atoms. The number of nitrogens with one attached hydrogen (secondary N) is 1. The first-order valence-electron chi connectivity index (χ1n) is 8.11. The van der Waals surface area contributed by atoms with Crippen molar-refractivity contribution < 1.29 is 14.3 Å². The number of hydrogen-bond donors (Lipinski definition) is 2. The van der Waals surface area contributed by atoms with E-state index >= 15 is 0 Å². The van der Waals surface area contributed by atoms with Gasteiger partial charge in [-0.05, 0) is 35.9 Å². The fourth-order valence-corrected chi connectivity index (χ4v) is 3.03. The highest BCUT2D eigenvalue weighted by Crippen LogP contribution is 2.28. The van der Waals surface area contributed by atoms with Crippen LogP contribution in [0.2, 0.25) is 0 Å². The van der Waals surface area contributed by atoms with Crippen LogP contribution in [0.5, 0.6) is 11.5 Å². The van der Waals surface area contributed by atoms with E-state index in [1.807, 2.05) is 35.7 Å². The normalized spacial score (nSPS) is 10.7. The Bertz CT molecular complexity index is 965. The number of nitrogens with zero attached hydrogens (tertiary/aromatic N) is 1. The lowest BCUT2D eigenvalue weighted by atomic mass is 10.1. The third-order valence-electron chi connectivity index (χ3n) is 3.80. The molecule has 0 atom stereocenters. The van der Waals surface area contributed by atoms with Gasteiger partial charge in [0.05, 0.1) is 19.9 Å². The summed E-state index contributed by atoms with van der Waals surface area (Å²) in [6.45, 7) is 0. The van der Waals surface area contributed by atoms with Crippen molar-refractivity contribution in [3.05, 3.63) is 59.5 Å². The third-order valence-corrected chi connectivity index (χ3v) is 4.48. The molecule has 0 aliphatic heterocycles. The fourth-order valence-electron chi connectivity index (χ4n) is 2.46. The minimum absolute atomic E-state index is 0.226. The van der Waals surface area contributed by atoms with Crippen molar-refractivity contribution in [1.82, 2.24) is 4.98 Å². The van der Waals surface area contributed by atoms with E-state index in [9.17, 15) is 4.79 Å². The van der Waals surface area contributed by atoms with Crippen LogP contribution >= 0.6 is 11.3 Å². The molecule has 7 heteroatoms. The monoisotopic (exact) mass is 381 g/mol. The first-order valence-corrected chi connectivity index (χ1v) is 8.99. The van der Waals surface area contributed by atoms with Gasteiger partial charge >= 0.3 is 0 Å². The summed E-state index contributed by atoms with van der Waals surface area (Å²) in [4.78, 5) is 16.4. The van der Waals surface area contributed by atoms with Gasteiger partial charge in [-0.25, -0.2) is 4.98 Å². The average molecular weight is 381 g/mol. The van der Waals surface area contributed by atoms with E-state index in [2.05, 4.69) is 10.3 Å². The summed E-state index contributed by atoms with van der Waals surface area (Å²) < 4.78 is 10.5. The Morgan fingerprint density at radius 3 is 2.48 bits per heavy atom. The summed E-state index contributed by atoms with van der Waals surface area (Å²) >= 11 is 1.39. The standard InChI is InChI=1S/C20H19N3O3S/c1-25-17-9-3-13(11-18(17)26-2)4-10-19(24)22-15-7-5-14(6-8-15)16-12-27-20(21)23-16/h3-12H,1-2H3,(H2,21,23)(H,22,24)/b10-4+. The highest BCUT2D eigenvalue weighted by atomic mass is 32.1. The highest BCUT2D eigenvalue weighted by molar-refractivity contribution is 7.13. The van der Waals surface area contributed by atoms with Crippen LogP contribution in [0.4, 0.5) is 10.8 Å². The molecule has 27 heavy (non-hydrogen) atoms. The van der Waals surface area contributed by atoms with Crippen LogP contribution in [0.1, 0.15) is 5.56 Å². The number of anilines is 2. The van der Waals surface area contributed by atoms with Crippen molar-refractivity contribution >= 4 is 34.1 Å². The van der Waals surface area contributed by atoms with Crippen molar-refractivity contribution in [3.8, 4) is 22.8 Å². The second-order valence-corrected chi connectivity index (χ2v) is 6.48. The second kappa shape index (κ2) is 8.37. The number of nitrogens with two attached hydrogens (primary N) is 1. The molecule has 0 unspecified atom stereocenters. The number of hydrogen-bond acceptors (Lipinski definition) is 6. The maximum atomic E-state index is 12.1. The molecule has 0 saturated heterocycles. The summed E-state index contributed by atoms with van der Waals surface area (Å²) in [5, 5.41) is 5.25. The van der Waals surface area contributed by atoms with Crippen LogP contribution < -0.4 is 20.5 Å². The minimum atomic E-state index is -0.226. The molecular formula is C20H19N3O3S. The SMILES string of the molecule is COc1ccc(/C=C/C(=O)Nc2ccc(-c3csc(N)n3)cc2)cc1OC. The first kappa shape index (κ1) is 18.5. The fraction of sp³-hybridized carbons (Fsp3) is 0.100. The molecule has 0 aliphatic rings. The minimum Gasteiger partial charge on any atom is -0.493 e. The van der Waals surface area contributed by atoms with Crippen LogP contribution in [0.25, 0.3) is 17.3 Å². The van der Waals surface area contributed by atoms with Crippen molar-refractivity contribution in [2.24, 2.45) is 0 Å². The molecule has 1 amide bonds. The van der Waals surface area contributed by atoms with E-state index in [1.165, 1.54) is 17.4 Å². The first-order chi connectivity index (χ1) is 13.1. The zero-order chi connectivity index (χ0) is 19.2. The molecule has 3 aromatic rings. The van der Waals surface area contributed by atoms with Gasteiger partial charge in [-0.3, -0.25) is 4.79 Å². The number of methoxy groups -OCH3 is 2. The lowest BCUT2D eigenvalue weighted by Crippen LogP contribution is -2.07. The van der Waals surface area contributed by atoms with E-state index in [-0.39, 0.29) is 5.91 Å². The van der Waals surface area contributed by atoms with Crippen molar-refractivity contribution in [1.29, 1.82) is 0 Å². The number of nitrogen functional groups attached to an aromatic ring is 1. The number of benzene rings is 2. The molecule has 6 nitrogen and oxygen atoms in total. The molecule has 0 fully saturated rings. The predicted molar refractivity (Wildman–Crippen MR) is 109 cm³/mol. The smallest absolute Gasteiger partial charge is 0.248 e. The number of carbonyl (C=O) groups excluding carboxylic acids is 1. The van der Waals surface area contributed by atoms with Gasteiger partial charge in [0, 0.05) is 22.7 Å². The van der Waals surface area contributed by atoms with Gasteiger partial charge in [0.1, 0.15) is 0 Å². The Kier molecular flexibility index (Phi) is 5.73. The largest absolute Gasteiger partial charge is 0.493 e. The van der Waals surface area contributed by atoms with Crippen LogP contribution in [-0.4, -0.2) is 25.1 Å². The molecule has 138 valence electrons. The van der Waals surface area contributed by atoms with E-state index in [4.69, 9.17) is 15.2 Å². The maximum Gasteiger partial charge on any atom is 0.248 e. The number of ether oxygens (including phenoxy) is 2. The van der Waals surface area contributed by atoms with Gasteiger partial charge in [-0.15, -0.1) is 11.3 Å². The number of carbonyl (C=O) groups is 1. The van der Waals surface area contributed by atoms with Gasteiger partial charge in [0.15, 0.2) is 16.6 Å². The topological polar surface area (TPSA) is 86.5 Å². The third kappa shape index (κ3) is 4.65. The number of rotatable bonds is 6. The number of aromatic nitrogens is 1. The van der Waals surface area contributed by atoms with Crippen LogP contribution in [0.15, 0.2) is 53.9 Å². The van der Waals surface area contributed by atoms with Gasteiger partial charge in [-0.1, -0.05) is 18.2 Å². The van der Waals surface area contributed by atoms with Crippen LogP contribution in [0, 0.1) is 0 Å². The lowest BCUT2D eigenvalue weighted by Gasteiger charge is -2.07. The molecule has 0 aliphatic carbocycles. The van der Waals surface area contributed by atoms with Crippen molar-refractivity contribution in [2.75, 3.05) is 25.3 Å². The van der Waals surface area contributed by atoms with Gasteiger partial charge in [-0.2, -0.15) is 0 Å². The summed E-state index contributed by atoms with van der Waals surface area (Å²) in [6, 6.07) is 12.9. The zero-order valence-electron chi connectivity index (χ0n) is 14.9. The molecule has 0 saturated carbocycles. The number of thiazole rings is 1. The van der Waals surface area contributed by atoms with E-state index in [1.54, 1.807) is 32.4 Å². The summed E-state index contributed by atoms with van der Waals surface area (Å²) in [5.74, 6) is 1.02. The second-order valence-electron chi connectivity index (χ2n) is 5.59. The molecule has 0 radical (unpaired) electrons. The van der Waals surface area contributed by atoms with Gasteiger partial charge < -0.3 is 20.5 Å². The van der Waals surface area contributed by atoms with E-state index in [0.29, 0.717) is 22.3 Å². The summed E-state index contributed by atoms with van der Waals surface area (Å²) in [5.41, 5.74) is 8.96. The van der Waals surface area contributed by atoms with E-state index < -0.39 is 0 Å². The van der Waals surface area contributed by atoms with Gasteiger partial charge in [0.2, 0.25) is 5.91 Å². The van der Waals surface area contributed by atoms with Crippen LogP contribution in [0.3, 0.4) is 0 Å². The molecule has 3 N–H and O–H groups in total. The molecule has 2 aromatic carbocycles. The zero-order valence-corrected chi connectivity index (χ0v) is 15.7. The van der Waals surface area contributed by atoms with Crippen molar-refractivity contribution in [2.45, 2.75) is 0 Å². The van der Waals surface area contributed by atoms with Crippen LogP contribution in [-0.2, 0) is 4.79 Å². The molecule has 1 heterocycles. The van der Waals surface area contributed by atoms with E-state index in [0.717, 1.165) is 16.8 Å². The summed E-state index contributed by atoms with van der Waals surface area (Å²) in [7, 11) is 3.15. The van der Waals surface area contributed by atoms with Gasteiger partial charge in [0.25, 0.3) is 0 Å². The quantitative estimate of drug-likeness (QED) is 0.629. The van der Waals surface area contributed by atoms with Crippen molar-refractivity contribution in [3.63, 3.8) is 0 Å². The molecule has 3 rings (SSSR count). The Hall–Kier alpha value is -3.32. The molecule has 0 bridgehead atoms. The Balaban J connectivity index is 1.64. The maximum absolute atomic E-state index is 12.1. The number of amides is 1. The Morgan fingerprint density at radius 2 is 1.85 bits per heavy atom. The lowest BCUT2D eigenvalue weighted by molar-refractivity contribution is -0.111. The molecule has 1 aromatic heterocycles. The summed E-state index contributed by atoms with van der Waals surface area (Å²) in [6.07, 6.45) is 3.18. The average Bonchev–Trinajstić information content (AvgIpc) is 3.13.